The summed E-state index contributed by atoms with van der Waals surface area (Å²) in [4.78, 5) is 11.1. The van der Waals surface area contributed by atoms with Gasteiger partial charge in [-0.15, -0.1) is 0 Å². The molecule has 0 aliphatic rings. The van der Waals surface area contributed by atoms with E-state index in [4.69, 9.17) is 0 Å². The van der Waals surface area contributed by atoms with Gasteiger partial charge in [0, 0.05) is 19.8 Å². The van der Waals surface area contributed by atoms with E-state index in [9.17, 15) is 4.79 Å². The van der Waals surface area contributed by atoms with E-state index in [0.29, 0.717) is 5.56 Å². The highest BCUT2D eigenvalue weighted by Crippen LogP contribution is 1.97. The second-order valence-corrected chi connectivity index (χ2v) is 2.57. The number of carbonyl (C=O) groups is 1. The zero-order valence-corrected chi connectivity index (χ0v) is 7.37. The highest BCUT2D eigenvalue weighted by molar-refractivity contribution is 5.93. The Morgan fingerprint density at radius 3 is 3.08 bits per heavy atom. The van der Waals surface area contributed by atoms with Crippen LogP contribution in [0.2, 0.25) is 0 Å². The number of nitrogens with one attached hydrogen (secondary N) is 1. The van der Waals surface area contributed by atoms with Crippen LogP contribution in [0.15, 0.2) is 12.4 Å². The van der Waals surface area contributed by atoms with Gasteiger partial charge in [0.2, 0.25) is 0 Å². The first-order valence-corrected chi connectivity index (χ1v) is 4.02. The van der Waals surface area contributed by atoms with Gasteiger partial charge in [0.1, 0.15) is 0 Å². The maximum absolute atomic E-state index is 11.1. The van der Waals surface area contributed by atoms with Crippen LogP contribution in [0.1, 0.15) is 23.7 Å². The van der Waals surface area contributed by atoms with Crippen molar-refractivity contribution in [2.75, 3.05) is 7.05 Å². The topological polar surface area (TPSA) is 46.9 Å². The minimum absolute atomic E-state index is 0.0858. The molecular weight excluding hydrogens is 154 g/mol. The monoisotopic (exact) mass is 167 g/mol. The molecule has 0 spiro atoms. The molecule has 12 heavy (non-hydrogen) atoms. The third kappa shape index (κ3) is 1.84. The lowest BCUT2D eigenvalue weighted by Crippen LogP contribution is -2.16. The van der Waals surface area contributed by atoms with Gasteiger partial charge in [-0.25, -0.2) is 0 Å². The Kier molecular flexibility index (Phi) is 2.85. The molecule has 0 aliphatic carbocycles. The maximum Gasteiger partial charge on any atom is 0.254 e. The average molecular weight is 167 g/mol. The van der Waals surface area contributed by atoms with E-state index in [1.54, 1.807) is 24.1 Å². The molecule has 1 heterocycles. The third-order valence-corrected chi connectivity index (χ3v) is 1.58. The van der Waals surface area contributed by atoms with Crippen LogP contribution >= 0.6 is 0 Å². The minimum atomic E-state index is -0.0858. The molecule has 0 fully saturated rings. The van der Waals surface area contributed by atoms with Gasteiger partial charge in [0.05, 0.1) is 11.8 Å². The molecule has 0 atom stereocenters. The summed E-state index contributed by atoms with van der Waals surface area (Å²) >= 11 is 0. The molecule has 66 valence electrons. The van der Waals surface area contributed by atoms with Crippen molar-refractivity contribution in [1.29, 1.82) is 0 Å². The first kappa shape index (κ1) is 8.77. The van der Waals surface area contributed by atoms with Crippen LogP contribution in [-0.2, 0) is 6.54 Å². The Bertz CT molecular complexity index is 267. The van der Waals surface area contributed by atoms with Gasteiger partial charge in [0.25, 0.3) is 5.91 Å². The van der Waals surface area contributed by atoms with Crippen molar-refractivity contribution in [2.24, 2.45) is 0 Å². The van der Waals surface area contributed by atoms with Crippen molar-refractivity contribution in [3.8, 4) is 0 Å². The number of aromatic nitrogens is 2. The summed E-state index contributed by atoms with van der Waals surface area (Å²) < 4.78 is 1.77. The standard InChI is InChI=1S/C8H13N3O/c1-3-4-11-6-7(5-10-11)8(12)9-2/h5-6H,3-4H2,1-2H3,(H,9,12). The van der Waals surface area contributed by atoms with Crippen molar-refractivity contribution < 1.29 is 4.79 Å². The highest BCUT2D eigenvalue weighted by atomic mass is 16.1. The number of carbonyl (C=O) groups excluding carboxylic acids is 1. The highest BCUT2D eigenvalue weighted by Gasteiger charge is 2.04. The Morgan fingerprint density at radius 2 is 2.50 bits per heavy atom. The van der Waals surface area contributed by atoms with E-state index in [-0.39, 0.29) is 5.91 Å². The zero-order chi connectivity index (χ0) is 8.97. The second kappa shape index (κ2) is 3.90. The molecule has 0 radical (unpaired) electrons. The molecule has 4 nitrogen and oxygen atoms in total. The van der Waals surface area contributed by atoms with E-state index in [1.165, 1.54) is 0 Å². The SMILES string of the molecule is CCCn1cc(C(=O)NC)cn1. The van der Waals surface area contributed by atoms with Crippen LogP contribution in [0.4, 0.5) is 0 Å². The van der Waals surface area contributed by atoms with Crippen LogP contribution in [0.5, 0.6) is 0 Å². The molecule has 0 aromatic carbocycles. The van der Waals surface area contributed by atoms with Gasteiger partial charge >= 0.3 is 0 Å². The van der Waals surface area contributed by atoms with Crippen LogP contribution in [-0.4, -0.2) is 22.7 Å². The summed E-state index contributed by atoms with van der Waals surface area (Å²) in [6.07, 6.45) is 4.35. The van der Waals surface area contributed by atoms with Crippen molar-refractivity contribution in [3.63, 3.8) is 0 Å². The first-order chi connectivity index (χ1) is 5.77. The predicted molar refractivity (Wildman–Crippen MR) is 45.9 cm³/mol. The Balaban J connectivity index is 2.70. The van der Waals surface area contributed by atoms with E-state index in [0.717, 1.165) is 13.0 Å². The Labute approximate surface area is 71.6 Å². The molecule has 1 N–H and O–H groups in total. The van der Waals surface area contributed by atoms with Crippen molar-refractivity contribution in [2.45, 2.75) is 19.9 Å². The van der Waals surface area contributed by atoms with Gasteiger partial charge in [-0.05, 0) is 6.42 Å². The average Bonchev–Trinajstić information content (AvgIpc) is 2.52. The Hall–Kier alpha value is -1.32. The number of hydrogen-bond acceptors (Lipinski definition) is 2. The largest absolute Gasteiger partial charge is 0.355 e. The lowest BCUT2D eigenvalue weighted by Gasteiger charge is -1.95. The normalized spacial score (nSPS) is 9.83. The summed E-state index contributed by atoms with van der Waals surface area (Å²) in [5.74, 6) is -0.0858. The summed E-state index contributed by atoms with van der Waals surface area (Å²) in [5.41, 5.74) is 0.617. The fraction of sp³-hybridized carbons (Fsp3) is 0.500. The molecule has 0 unspecified atom stereocenters. The lowest BCUT2D eigenvalue weighted by molar-refractivity contribution is 0.0963. The van der Waals surface area contributed by atoms with Gasteiger partial charge in [-0.1, -0.05) is 6.92 Å². The van der Waals surface area contributed by atoms with Crippen molar-refractivity contribution in [1.82, 2.24) is 15.1 Å². The quantitative estimate of drug-likeness (QED) is 0.718. The fourth-order valence-corrected chi connectivity index (χ4v) is 0.977. The third-order valence-electron chi connectivity index (χ3n) is 1.58. The molecule has 1 aromatic heterocycles. The molecule has 1 rings (SSSR count). The van der Waals surface area contributed by atoms with Crippen LogP contribution < -0.4 is 5.32 Å². The molecule has 1 aromatic rings. The van der Waals surface area contributed by atoms with E-state index in [1.807, 2.05) is 0 Å². The number of rotatable bonds is 3. The molecule has 1 amide bonds. The number of hydrogen-bond donors (Lipinski definition) is 1. The second-order valence-electron chi connectivity index (χ2n) is 2.57. The lowest BCUT2D eigenvalue weighted by atomic mass is 10.3. The number of aryl methyl sites for hydroxylation is 1. The van der Waals surface area contributed by atoms with E-state index >= 15 is 0 Å². The molecule has 0 aliphatic heterocycles. The summed E-state index contributed by atoms with van der Waals surface area (Å²) in [7, 11) is 1.61. The molecule has 0 saturated heterocycles. The molecular formula is C8H13N3O. The van der Waals surface area contributed by atoms with Crippen LogP contribution in [0.25, 0.3) is 0 Å². The van der Waals surface area contributed by atoms with E-state index < -0.39 is 0 Å². The van der Waals surface area contributed by atoms with Gasteiger partial charge in [-0.3, -0.25) is 9.48 Å². The van der Waals surface area contributed by atoms with Gasteiger partial charge in [-0.2, -0.15) is 5.10 Å². The smallest absolute Gasteiger partial charge is 0.254 e. The minimum Gasteiger partial charge on any atom is -0.355 e. The fourth-order valence-electron chi connectivity index (χ4n) is 0.977. The van der Waals surface area contributed by atoms with Crippen molar-refractivity contribution >= 4 is 5.91 Å². The molecule has 4 heteroatoms. The summed E-state index contributed by atoms with van der Waals surface area (Å²) in [6.45, 7) is 2.93. The molecule has 0 bridgehead atoms. The Morgan fingerprint density at radius 1 is 1.75 bits per heavy atom. The maximum atomic E-state index is 11.1. The van der Waals surface area contributed by atoms with Crippen molar-refractivity contribution in [3.05, 3.63) is 18.0 Å². The predicted octanol–water partition coefficient (Wildman–Crippen LogP) is 0.653. The van der Waals surface area contributed by atoms with Gasteiger partial charge in [0.15, 0.2) is 0 Å². The van der Waals surface area contributed by atoms with Crippen LogP contribution in [0.3, 0.4) is 0 Å². The number of nitrogens with zero attached hydrogens (tertiary/aromatic N) is 2. The molecule has 0 saturated carbocycles. The first-order valence-electron chi connectivity index (χ1n) is 4.02. The zero-order valence-electron chi connectivity index (χ0n) is 7.37. The van der Waals surface area contributed by atoms with Gasteiger partial charge < -0.3 is 5.32 Å². The van der Waals surface area contributed by atoms with E-state index in [2.05, 4.69) is 17.3 Å². The van der Waals surface area contributed by atoms with Crippen LogP contribution in [0, 0.1) is 0 Å². The summed E-state index contributed by atoms with van der Waals surface area (Å²) in [5, 5.41) is 6.58. The summed E-state index contributed by atoms with van der Waals surface area (Å²) in [6, 6.07) is 0. The number of amides is 1.